The summed E-state index contributed by atoms with van der Waals surface area (Å²) >= 11 is 0. The first-order valence-corrected chi connectivity index (χ1v) is 11.0. The highest BCUT2D eigenvalue weighted by atomic mass is 19.4. The Morgan fingerprint density at radius 2 is 1.89 bits per heavy atom. The molecule has 2 heterocycles. The van der Waals surface area contributed by atoms with Crippen molar-refractivity contribution in [2.45, 2.75) is 19.1 Å². The predicted molar refractivity (Wildman–Crippen MR) is 121 cm³/mol. The Morgan fingerprint density at radius 1 is 1.17 bits per heavy atom. The minimum absolute atomic E-state index is 0.0358. The number of benzene rings is 2. The van der Waals surface area contributed by atoms with Crippen molar-refractivity contribution in [3.8, 4) is 17.5 Å². The molecule has 8 nitrogen and oxygen atoms in total. The van der Waals surface area contributed by atoms with Gasteiger partial charge >= 0.3 is 6.18 Å². The van der Waals surface area contributed by atoms with Gasteiger partial charge in [0.1, 0.15) is 0 Å². The molecule has 1 saturated heterocycles. The summed E-state index contributed by atoms with van der Waals surface area (Å²) < 4.78 is 44.3. The molecular formula is C24H23F3N6O2. The van der Waals surface area contributed by atoms with E-state index in [1.165, 1.54) is 12.1 Å². The summed E-state index contributed by atoms with van der Waals surface area (Å²) in [5.41, 5.74) is 0.768. The highest BCUT2D eigenvalue weighted by Gasteiger charge is 2.31. The lowest BCUT2D eigenvalue weighted by Gasteiger charge is -2.36. The smallest absolute Gasteiger partial charge is 0.376 e. The van der Waals surface area contributed by atoms with E-state index in [9.17, 15) is 18.0 Å². The van der Waals surface area contributed by atoms with Crippen molar-refractivity contribution in [1.29, 1.82) is 5.26 Å². The first kappa shape index (κ1) is 24.2. The van der Waals surface area contributed by atoms with Gasteiger partial charge in [-0.1, -0.05) is 17.3 Å². The number of carbonyl (C=O) groups excluding carboxylic acids is 1. The van der Waals surface area contributed by atoms with Gasteiger partial charge in [0.15, 0.2) is 0 Å². The van der Waals surface area contributed by atoms with Crippen molar-refractivity contribution in [2.75, 3.05) is 38.0 Å². The van der Waals surface area contributed by atoms with Crippen LogP contribution in [-0.4, -0.2) is 58.6 Å². The SMILES string of the molecule is CC(c1nc(-c2cccc(C(F)(F)F)c2)no1)N1CCN(C(=O)CNc2ccc(C#N)cc2)CC1. The van der Waals surface area contributed by atoms with Crippen LogP contribution in [0.15, 0.2) is 53.1 Å². The molecule has 0 aliphatic carbocycles. The first-order chi connectivity index (χ1) is 16.7. The molecule has 1 aromatic heterocycles. The maximum atomic E-state index is 13.0. The second kappa shape index (κ2) is 10.1. The van der Waals surface area contributed by atoms with E-state index in [4.69, 9.17) is 9.78 Å². The molecule has 1 N–H and O–H groups in total. The van der Waals surface area contributed by atoms with Crippen molar-refractivity contribution < 1.29 is 22.5 Å². The number of rotatable bonds is 6. The number of nitrogens with one attached hydrogen (secondary N) is 1. The summed E-state index contributed by atoms with van der Waals surface area (Å²) in [4.78, 5) is 20.7. The standard InChI is InChI=1S/C24H23F3N6O2/c1-16(23-30-22(31-35-23)18-3-2-4-19(13-18)24(25,26)27)32-9-11-33(12-10-32)21(34)15-29-20-7-5-17(14-28)6-8-20/h2-8,13,16,29H,9-12,15H2,1H3. The molecule has 11 heteroatoms. The monoisotopic (exact) mass is 484 g/mol. The molecule has 1 aliphatic heterocycles. The molecule has 1 unspecified atom stereocenters. The summed E-state index contributed by atoms with van der Waals surface area (Å²) in [6.45, 7) is 4.24. The Morgan fingerprint density at radius 3 is 2.54 bits per heavy atom. The van der Waals surface area contributed by atoms with Gasteiger partial charge in [-0.05, 0) is 43.3 Å². The molecule has 1 amide bonds. The number of piperazine rings is 1. The van der Waals surface area contributed by atoms with Crippen LogP contribution in [0, 0.1) is 11.3 Å². The summed E-state index contributed by atoms with van der Waals surface area (Å²) in [5.74, 6) is 0.367. The van der Waals surface area contributed by atoms with Gasteiger partial charge in [0.25, 0.3) is 0 Å². The van der Waals surface area contributed by atoms with E-state index < -0.39 is 11.7 Å². The number of aromatic nitrogens is 2. The number of anilines is 1. The molecule has 0 radical (unpaired) electrons. The molecule has 0 spiro atoms. The molecule has 2 aromatic carbocycles. The highest BCUT2D eigenvalue weighted by Crippen LogP contribution is 2.32. The summed E-state index contributed by atoms with van der Waals surface area (Å²) in [6.07, 6.45) is -4.45. The summed E-state index contributed by atoms with van der Waals surface area (Å²) in [7, 11) is 0. The fourth-order valence-electron chi connectivity index (χ4n) is 3.82. The largest absolute Gasteiger partial charge is 0.416 e. The third-order valence-electron chi connectivity index (χ3n) is 5.92. The minimum atomic E-state index is -4.45. The average Bonchev–Trinajstić information content (AvgIpc) is 3.37. The Bertz CT molecular complexity index is 1210. The zero-order valence-electron chi connectivity index (χ0n) is 18.9. The lowest BCUT2D eigenvalue weighted by Crippen LogP contribution is -2.50. The van der Waals surface area contributed by atoms with Gasteiger partial charge in [0, 0.05) is 37.4 Å². The topological polar surface area (TPSA) is 98.3 Å². The van der Waals surface area contributed by atoms with Crippen LogP contribution in [0.4, 0.5) is 18.9 Å². The number of nitriles is 1. The average molecular weight is 484 g/mol. The van der Waals surface area contributed by atoms with E-state index >= 15 is 0 Å². The summed E-state index contributed by atoms with van der Waals surface area (Å²) in [5, 5.41) is 15.8. The zero-order chi connectivity index (χ0) is 25.0. The number of carbonyl (C=O) groups is 1. The van der Waals surface area contributed by atoms with Crippen molar-refractivity contribution in [3.63, 3.8) is 0 Å². The molecule has 4 rings (SSSR count). The lowest BCUT2D eigenvalue weighted by atomic mass is 10.1. The highest BCUT2D eigenvalue weighted by molar-refractivity contribution is 5.81. The maximum Gasteiger partial charge on any atom is 0.416 e. The van der Waals surface area contributed by atoms with Crippen LogP contribution >= 0.6 is 0 Å². The van der Waals surface area contributed by atoms with Crippen LogP contribution in [0.5, 0.6) is 0 Å². The third kappa shape index (κ3) is 5.78. The number of alkyl halides is 3. The van der Waals surface area contributed by atoms with Crippen molar-refractivity contribution in [1.82, 2.24) is 19.9 Å². The Kier molecular flexibility index (Phi) is 7.02. The minimum Gasteiger partial charge on any atom is -0.376 e. The molecule has 0 bridgehead atoms. The van der Waals surface area contributed by atoms with Gasteiger partial charge in [0.05, 0.1) is 29.8 Å². The Hall–Kier alpha value is -3.91. The van der Waals surface area contributed by atoms with Crippen molar-refractivity contribution in [3.05, 3.63) is 65.5 Å². The van der Waals surface area contributed by atoms with Crippen LogP contribution in [-0.2, 0) is 11.0 Å². The normalized spacial score (nSPS) is 15.5. The molecule has 0 saturated carbocycles. The number of hydrogen-bond donors (Lipinski definition) is 1. The van der Waals surface area contributed by atoms with Crippen molar-refractivity contribution >= 4 is 11.6 Å². The molecule has 182 valence electrons. The number of nitrogens with zero attached hydrogens (tertiary/aromatic N) is 5. The van der Waals surface area contributed by atoms with Crippen molar-refractivity contribution in [2.24, 2.45) is 0 Å². The van der Waals surface area contributed by atoms with Crippen LogP contribution < -0.4 is 5.32 Å². The molecule has 1 aliphatic rings. The molecular weight excluding hydrogens is 461 g/mol. The number of hydrogen-bond acceptors (Lipinski definition) is 7. The van der Waals surface area contributed by atoms with Gasteiger partial charge in [0.2, 0.25) is 17.6 Å². The zero-order valence-corrected chi connectivity index (χ0v) is 18.9. The van der Waals surface area contributed by atoms with E-state index in [0.717, 1.165) is 17.8 Å². The van der Waals surface area contributed by atoms with E-state index in [0.29, 0.717) is 37.6 Å². The molecule has 35 heavy (non-hydrogen) atoms. The fourth-order valence-corrected chi connectivity index (χ4v) is 3.82. The number of amides is 1. The maximum absolute atomic E-state index is 13.0. The van der Waals surface area contributed by atoms with Crippen LogP contribution in [0.1, 0.15) is 30.0 Å². The second-order valence-corrected chi connectivity index (χ2v) is 8.17. The van der Waals surface area contributed by atoms with Crippen LogP contribution in [0.2, 0.25) is 0 Å². The molecule has 1 fully saturated rings. The van der Waals surface area contributed by atoms with Gasteiger partial charge in [-0.2, -0.15) is 23.4 Å². The van der Waals surface area contributed by atoms with E-state index in [1.807, 2.05) is 13.0 Å². The van der Waals surface area contributed by atoms with Gasteiger partial charge < -0.3 is 14.7 Å². The third-order valence-corrected chi connectivity index (χ3v) is 5.92. The quantitative estimate of drug-likeness (QED) is 0.566. The Labute approximate surface area is 199 Å². The Balaban J connectivity index is 1.31. The second-order valence-electron chi connectivity index (χ2n) is 8.17. The molecule has 3 aromatic rings. The number of halogens is 3. The lowest BCUT2D eigenvalue weighted by molar-refractivity contribution is -0.137. The first-order valence-electron chi connectivity index (χ1n) is 11.0. The van der Waals surface area contributed by atoms with Gasteiger partial charge in [-0.3, -0.25) is 9.69 Å². The summed E-state index contributed by atoms with van der Waals surface area (Å²) in [6, 6.07) is 13.5. The van der Waals surface area contributed by atoms with Crippen LogP contribution in [0.25, 0.3) is 11.4 Å². The van der Waals surface area contributed by atoms with Crippen LogP contribution in [0.3, 0.4) is 0 Å². The van der Waals surface area contributed by atoms with E-state index in [1.54, 1.807) is 29.2 Å². The fraction of sp³-hybridized carbons (Fsp3) is 0.333. The van der Waals surface area contributed by atoms with E-state index in [2.05, 4.69) is 20.4 Å². The van der Waals surface area contributed by atoms with E-state index in [-0.39, 0.29) is 29.9 Å². The molecule has 1 atom stereocenters. The predicted octanol–water partition coefficient (Wildman–Crippen LogP) is 3.94. The van der Waals surface area contributed by atoms with Gasteiger partial charge in [-0.25, -0.2) is 0 Å². The van der Waals surface area contributed by atoms with Gasteiger partial charge in [-0.15, -0.1) is 0 Å².